The summed E-state index contributed by atoms with van der Waals surface area (Å²) in [4.78, 5) is 9.44. The summed E-state index contributed by atoms with van der Waals surface area (Å²) >= 11 is 0. The zero-order valence-electron chi connectivity index (χ0n) is 12.1. The third kappa shape index (κ3) is 2.63. The van der Waals surface area contributed by atoms with E-state index in [0.29, 0.717) is 17.1 Å². The number of anilines is 2. The summed E-state index contributed by atoms with van der Waals surface area (Å²) in [6.45, 7) is -0.242. The lowest BCUT2D eigenvalue weighted by molar-refractivity contribution is 0.410. The fraction of sp³-hybridized carbons (Fsp3) is 0.0588. The Balaban J connectivity index is 2.18. The van der Waals surface area contributed by atoms with E-state index < -0.39 is 29.0 Å². The van der Waals surface area contributed by atoms with Gasteiger partial charge < -0.3 is 4.90 Å². The van der Waals surface area contributed by atoms with E-state index >= 15 is 0 Å². The molecule has 7 heteroatoms. The summed E-state index contributed by atoms with van der Waals surface area (Å²) in [6, 6.07) is 7.41. The Hall–Kier alpha value is -3.14. The fourth-order valence-electron chi connectivity index (χ4n) is 2.22. The highest BCUT2D eigenvalue weighted by Gasteiger charge is 2.24. The molecule has 0 amide bonds. The predicted octanol–water partition coefficient (Wildman–Crippen LogP) is 3.96. The van der Waals surface area contributed by atoms with E-state index in [2.05, 4.69) is 15.9 Å². The van der Waals surface area contributed by atoms with E-state index in [4.69, 9.17) is 6.42 Å². The summed E-state index contributed by atoms with van der Waals surface area (Å²) < 4.78 is 54.2. The predicted molar refractivity (Wildman–Crippen MR) is 81.7 cm³/mol. The third-order valence-electron chi connectivity index (χ3n) is 3.34. The molecule has 0 aliphatic carbocycles. The highest BCUT2D eigenvalue weighted by Crippen LogP contribution is 2.30. The van der Waals surface area contributed by atoms with Crippen molar-refractivity contribution in [1.82, 2.24) is 9.97 Å². The molecule has 0 bridgehead atoms. The number of halogens is 4. The first-order valence-corrected chi connectivity index (χ1v) is 6.78. The van der Waals surface area contributed by atoms with Crippen molar-refractivity contribution in [2.75, 3.05) is 11.4 Å². The Labute approximate surface area is 134 Å². The molecule has 3 aromatic rings. The maximum atomic E-state index is 14.1. The van der Waals surface area contributed by atoms with Gasteiger partial charge in [-0.3, -0.25) is 4.98 Å². The molecule has 0 radical (unpaired) electrons. The second kappa shape index (κ2) is 6.16. The van der Waals surface area contributed by atoms with E-state index in [-0.39, 0.29) is 12.4 Å². The van der Waals surface area contributed by atoms with Crippen LogP contribution in [0.5, 0.6) is 0 Å². The molecular weight excluding hydrogens is 322 g/mol. The molecule has 0 saturated heterocycles. The second-order valence-electron chi connectivity index (χ2n) is 4.83. The van der Waals surface area contributed by atoms with E-state index in [1.807, 2.05) is 0 Å². The molecule has 24 heavy (non-hydrogen) atoms. The Morgan fingerprint density at radius 2 is 1.71 bits per heavy atom. The van der Waals surface area contributed by atoms with Gasteiger partial charge in [0.05, 0.1) is 29.5 Å². The van der Waals surface area contributed by atoms with Crippen molar-refractivity contribution < 1.29 is 17.6 Å². The zero-order chi connectivity index (χ0) is 17.3. The third-order valence-corrected chi connectivity index (χ3v) is 3.34. The van der Waals surface area contributed by atoms with Crippen molar-refractivity contribution in [3.8, 4) is 12.3 Å². The first-order chi connectivity index (χ1) is 11.5. The van der Waals surface area contributed by atoms with Crippen LogP contribution in [0, 0.1) is 35.6 Å². The first-order valence-electron chi connectivity index (χ1n) is 6.78. The van der Waals surface area contributed by atoms with Gasteiger partial charge in [-0.25, -0.2) is 22.5 Å². The Bertz CT molecular complexity index is 966. The van der Waals surface area contributed by atoms with Crippen molar-refractivity contribution in [2.45, 2.75) is 0 Å². The number of para-hydroxylation sites is 2. The molecule has 3 nitrogen and oxygen atoms in total. The Morgan fingerprint density at radius 1 is 1.00 bits per heavy atom. The number of hydrogen-bond donors (Lipinski definition) is 0. The highest BCUT2D eigenvalue weighted by atomic mass is 19.2. The van der Waals surface area contributed by atoms with Crippen LogP contribution in [0.2, 0.25) is 0 Å². The van der Waals surface area contributed by atoms with Gasteiger partial charge in [-0.2, -0.15) is 0 Å². The van der Waals surface area contributed by atoms with Crippen LogP contribution in [0.4, 0.5) is 29.1 Å². The normalized spacial score (nSPS) is 10.6. The van der Waals surface area contributed by atoms with Gasteiger partial charge in [0.2, 0.25) is 0 Å². The topological polar surface area (TPSA) is 29.0 Å². The van der Waals surface area contributed by atoms with E-state index in [9.17, 15) is 17.6 Å². The Morgan fingerprint density at radius 3 is 2.42 bits per heavy atom. The summed E-state index contributed by atoms with van der Waals surface area (Å²) in [5.41, 5.74) is 0.508. The molecule has 0 spiro atoms. The van der Waals surface area contributed by atoms with E-state index in [1.165, 1.54) is 6.20 Å². The van der Waals surface area contributed by atoms with Crippen LogP contribution in [0.15, 0.2) is 36.5 Å². The summed E-state index contributed by atoms with van der Waals surface area (Å²) in [7, 11) is 0. The van der Waals surface area contributed by atoms with Gasteiger partial charge in [0.1, 0.15) is 0 Å². The number of terminal acetylenes is 1. The largest absolute Gasteiger partial charge is 0.311 e. The maximum absolute atomic E-state index is 14.1. The van der Waals surface area contributed by atoms with Crippen molar-refractivity contribution >= 4 is 22.5 Å². The van der Waals surface area contributed by atoms with Gasteiger partial charge in [-0.1, -0.05) is 18.1 Å². The molecule has 0 aliphatic rings. The Kier molecular flexibility index (Phi) is 4.04. The molecule has 0 N–H and O–H groups in total. The molecule has 0 unspecified atom stereocenters. The summed E-state index contributed by atoms with van der Waals surface area (Å²) in [5.74, 6) is -4.56. The molecule has 0 atom stereocenters. The molecule has 1 heterocycles. The molecule has 0 saturated carbocycles. The lowest BCUT2D eigenvalue weighted by Gasteiger charge is -2.22. The van der Waals surface area contributed by atoms with Crippen molar-refractivity contribution in [3.05, 3.63) is 59.8 Å². The number of hydrogen-bond acceptors (Lipinski definition) is 3. The minimum Gasteiger partial charge on any atom is -0.311 e. The lowest BCUT2D eigenvalue weighted by atomic mass is 10.2. The van der Waals surface area contributed by atoms with Crippen LogP contribution in [0.25, 0.3) is 11.0 Å². The van der Waals surface area contributed by atoms with Crippen LogP contribution >= 0.6 is 0 Å². The number of fused-ring (bicyclic) bond motifs is 1. The number of rotatable bonds is 3. The quantitative estimate of drug-likeness (QED) is 0.315. The van der Waals surface area contributed by atoms with Gasteiger partial charge in [0, 0.05) is 6.07 Å². The molecule has 120 valence electrons. The molecule has 2 aromatic carbocycles. The minimum absolute atomic E-state index is 0.0796. The average molecular weight is 331 g/mol. The maximum Gasteiger partial charge on any atom is 0.199 e. The molecule has 1 aromatic heterocycles. The lowest BCUT2D eigenvalue weighted by Crippen LogP contribution is -2.21. The molecule has 3 rings (SSSR count). The molecule has 0 fully saturated rings. The highest BCUT2D eigenvalue weighted by molar-refractivity contribution is 5.76. The van der Waals surface area contributed by atoms with Crippen molar-refractivity contribution in [2.24, 2.45) is 0 Å². The summed E-state index contributed by atoms with van der Waals surface area (Å²) in [6.07, 6.45) is 6.54. The SMILES string of the molecule is C#CCN(c1cnc2ccccc2n1)c1cc(F)c(F)c(F)c1F. The number of nitrogens with zero attached hydrogens (tertiary/aromatic N) is 3. The van der Waals surface area contributed by atoms with Crippen LogP contribution in [-0.4, -0.2) is 16.5 Å². The zero-order valence-corrected chi connectivity index (χ0v) is 12.1. The van der Waals surface area contributed by atoms with Gasteiger partial charge in [-0.15, -0.1) is 6.42 Å². The smallest absolute Gasteiger partial charge is 0.199 e. The van der Waals surface area contributed by atoms with Gasteiger partial charge in [-0.05, 0) is 12.1 Å². The molecule has 0 aliphatic heterocycles. The minimum atomic E-state index is -1.92. The van der Waals surface area contributed by atoms with Crippen LogP contribution in [0.1, 0.15) is 0 Å². The number of aromatic nitrogens is 2. The van der Waals surface area contributed by atoms with Gasteiger partial charge >= 0.3 is 0 Å². The second-order valence-corrected chi connectivity index (χ2v) is 4.83. The standard InChI is InChI=1S/C17H9F4N3/c1-2-7-24(13-8-10(18)15(19)17(21)16(13)20)14-9-22-11-5-3-4-6-12(11)23-14/h1,3-6,8-9H,7H2. The van der Waals surface area contributed by atoms with Gasteiger partial charge in [0.25, 0.3) is 0 Å². The first kappa shape index (κ1) is 15.7. The van der Waals surface area contributed by atoms with Crippen LogP contribution < -0.4 is 4.90 Å². The van der Waals surface area contributed by atoms with Crippen LogP contribution in [0.3, 0.4) is 0 Å². The summed E-state index contributed by atoms with van der Waals surface area (Å²) in [5, 5.41) is 0. The fourth-order valence-corrected chi connectivity index (χ4v) is 2.22. The van der Waals surface area contributed by atoms with E-state index in [0.717, 1.165) is 4.90 Å². The van der Waals surface area contributed by atoms with Gasteiger partial charge in [0.15, 0.2) is 29.1 Å². The number of benzene rings is 2. The average Bonchev–Trinajstić information content (AvgIpc) is 2.61. The van der Waals surface area contributed by atoms with E-state index in [1.54, 1.807) is 24.3 Å². The molecular formula is C17H9F4N3. The monoisotopic (exact) mass is 331 g/mol. The van der Waals surface area contributed by atoms with Crippen molar-refractivity contribution in [1.29, 1.82) is 0 Å². The van der Waals surface area contributed by atoms with Crippen molar-refractivity contribution in [3.63, 3.8) is 0 Å². The van der Waals surface area contributed by atoms with Crippen LogP contribution in [-0.2, 0) is 0 Å².